The molecule has 0 radical (unpaired) electrons. The number of carbonyl (C=O) groups is 2. The minimum atomic E-state index is -1.01. The Morgan fingerprint density at radius 2 is 1.70 bits per heavy atom. The molecule has 7 heteroatoms. The first-order valence-electron chi connectivity index (χ1n) is 8.59. The van der Waals surface area contributed by atoms with Gasteiger partial charge in [0.05, 0.1) is 13.0 Å². The molecular formula is C20H22FNO5. The Labute approximate surface area is 156 Å². The molecular weight excluding hydrogens is 353 g/mol. The van der Waals surface area contributed by atoms with E-state index in [1.165, 1.54) is 12.1 Å². The number of hydrogen-bond acceptors (Lipinski definition) is 4. The van der Waals surface area contributed by atoms with Gasteiger partial charge in [0, 0.05) is 13.0 Å². The molecule has 0 aliphatic heterocycles. The highest BCUT2D eigenvalue weighted by Gasteiger charge is 2.09. The van der Waals surface area contributed by atoms with Crippen molar-refractivity contribution in [3.63, 3.8) is 0 Å². The zero-order valence-corrected chi connectivity index (χ0v) is 15.0. The van der Waals surface area contributed by atoms with E-state index in [0.29, 0.717) is 18.1 Å². The molecule has 1 amide bonds. The third-order valence-electron chi connectivity index (χ3n) is 3.67. The molecule has 6 nitrogen and oxygen atoms in total. The zero-order valence-electron chi connectivity index (χ0n) is 15.0. The predicted molar refractivity (Wildman–Crippen MR) is 97.1 cm³/mol. The molecule has 0 saturated carbocycles. The summed E-state index contributed by atoms with van der Waals surface area (Å²) in [5.74, 6) is -0.555. The maximum Gasteiger partial charge on any atom is 0.303 e. The van der Waals surface area contributed by atoms with Crippen molar-refractivity contribution in [1.82, 2.24) is 5.32 Å². The van der Waals surface area contributed by atoms with Crippen LogP contribution in [0.15, 0.2) is 42.5 Å². The molecule has 2 N–H and O–H groups in total. The maximum absolute atomic E-state index is 13.0. The van der Waals surface area contributed by atoms with E-state index in [1.54, 1.807) is 30.3 Å². The summed E-state index contributed by atoms with van der Waals surface area (Å²) in [6.45, 7) is 2.83. The normalized spacial score (nSPS) is 10.3. The molecule has 0 fully saturated rings. The minimum absolute atomic E-state index is 0.0630. The first-order valence-corrected chi connectivity index (χ1v) is 8.59. The summed E-state index contributed by atoms with van der Waals surface area (Å²) in [5, 5.41) is 11.3. The molecule has 27 heavy (non-hydrogen) atoms. The summed E-state index contributed by atoms with van der Waals surface area (Å²) in [6, 6.07) is 11.3. The number of carboxylic acids is 1. The predicted octanol–water partition coefficient (Wildman–Crippen LogP) is 3.28. The molecule has 144 valence electrons. The van der Waals surface area contributed by atoms with Crippen molar-refractivity contribution < 1.29 is 28.6 Å². The van der Waals surface area contributed by atoms with Crippen LogP contribution in [-0.4, -0.2) is 23.6 Å². The van der Waals surface area contributed by atoms with Crippen LogP contribution >= 0.6 is 0 Å². The van der Waals surface area contributed by atoms with Crippen LogP contribution in [0.4, 0.5) is 4.39 Å². The topological polar surface area (TPSA) is 84.9 Å². The second kappa shape index (κ2) is 10.2. The number of nitrogens with one attached hydrogen (secondary N) is 1. The van der Waals surface area contributed by atoms with E-state index in [0.717, 1.165) is 11.1 Å². The lowest BCUT2D eigenvalue weighted by Crippen LogP contribution is -2.23. The molecule has 0 aromatic heterocycles. The highest BCUT2D eigenvalue weighted by atomic mass is 19.1. The fourth-order valence-corrected chi connectivity index (χ4v) is 2.30. The van der Waals surface area contributed by atoms with Crippen molar-refractivity contribution in [3.05, 3.63) is 59.4 Å². The van der Waals surface area contributed by atoms with Gasteiger partial charge < -0.3 is 19.9 Å². The lowest BCUT2D eigenvalue weighted by atomic mass is 10.2. The summed E-state index contributed by atoms with van der Waals surface area (Å²) >= 11 is 0. The largest absolute Gasteiger partial charge is 0.490 e. The van der Waals surface area contributed by atoms with E-state index in [4.69, 9.17) is 14.6 Å². The van der Waals surface area contributed by atoms with Crippen molar-refractivity contribution >= 4 is 11.9 Å². The molecule has 2 aromatic carbocycles. The Kier molecular flexibility index (Phi) is 7.61. The van der Waals surface area contributed by atoms with Crippen LogP contribution in [0.1, 0.15) is 30.9 Å². The first-order chi connectivity index (χ1) is 13.0. The number of aliphatic carboxylic acids is 1. The highest BCUT2D eigenvalue weighted by molar-refractivity contribution is 5.80. The van der Waals surface area contributed by atoms with Crippen molar-refractivity contribution in [2.75, 3.05) is 6.61 Å². The smallest absolute Gasteiger partial charge is 0.303 e. The summed E-state index contributed by atoms with van der Waals surface area (Å²) in [5.41, 5.74) is 1.63. The van der Waals surface area contributed by atoms with Crippen molar-refractivity contribution in [1.29, 1.82) is 0 Å². The summed E-state index contributed by atoms with van der Waals surface area (Å²) in [4.78, 5) is 22.1. The van der Waals surface area contributed by atoms with Gasteiger partial charge in [-0.15, -0.1) is 0 Å². The van der Waals surface area contributed by atoms with Crippen LogP contribution in [-0.2, 0) is 22.7 Å². The van der Waals surface area contributed by atoms with E-state index in [2.05, 4.69) is 5.32 Å². The quantitative estimate of drug-likeness (QED) is 0.666. The maximum atomic E-state index is 13.0. The third-order valence-corrected chi connectivity index (χ3v) is 3.67. The van der Waals surface area contributed by atoms with Gasteiger partial charge in [0.2, 0.25) is 5.91 Å². The summed E-state index contributed by atoms with van der Waals surface area (Å²) in [7, 11) is 0. The number of carbonyl (C=O) groups excluding carboxylic acids is 1. The van der Waals surface area contributed by atoms with Gasteiger partial charge in [-0.05, 0) is 42.3 Å². The Morgan fingerprint density at radius 1 is 1.00 bits per heavy atom. The number of hydrogen-bond donors (Lipinski definition) is 2. The van der Waals surface area contributed by atoms with Gasteiger partial charge in [-0.25, -0.2) is 4.39 Å². The van der Waals surface area contributed by atoms with Crippen LogP contribution in [0.3, 0.4) is 0 Å². The van der Waals surface area contributed by atoms with Crippen molar-refractivity contribution in [3.8, 4) is 11.5 Å². The van der Waals surface area contributed by atoms with Gasteiger partial charge in [-0.1, -0.05) is 18.2 Å². The number of halogens is 1. The molecule has 0 spiro atoms. The number of amides is 1. The molecule has 0 unspecified atom stereocenters. The highest BCUT2D eigenvalue weighted by Crippen LogP contribution is 2.29. The minimum Gasteiger partial charge on any atom is -0.490 e. The van der Waals surface area contributed by atoms with E-state index >= 15 is 0 Å². The first kappa shape index (κ1) is 20.2. The van der Waals surface area contributed by atoms with Crippen LogP contribution < -0.4 is 14.8 Å². The van der Waals surface area contributed by atoms with Gasteiger partial charge in [0.25, 0.3) is 0 Å². The van der Waals surface area contributed by atoms with Gasteiger partial charge in [0.1, 0.15) is 12.4 Å². The number of carboxylic acid groups (broad SMARTS) is 1. The van der Waals surface area contributed by atoms with Gasteiger partial charge in [0.15, 0.2) is 11.5 Å². The van der Waals surface area contributed by atoms with Crippen molar-refractivity contribution in [2.45, 2.75) is 32.9 Å². The lowest BCUT2D eigenvalue weighted by molar-refractivity contribution is -0.138. The second-order valence-electron chi connectivity index (χ2n) is 5.80. The molecule has 2 aromatic rings. The van der Waals surface area contributed by atoms with E-state index in [9.17, 15) is 14.0 Å². The van der Waals surface area contributed by atoms with E-state index in [-0.39, 0.29) is 37.7 Å². The average molecular weight is 375 g/mol. The number of benzene rings is 2. The van der Waals surface area contributed by atoms with Gasteiger partial charge in [-0.3, -0.25) is 9.59 Å². The lowest BCUT2D eigenvalue weighted by Gasteiger charge is -2.14. The second-order valence-corrected chi connectivity index (χ2v) is 5.80. The van der Waals surface area contributed by atoms with Crippen LogP contribution in [0.5, 0.6) is 11.5 Å². The van der Waals surface area contributed by atoms with E-state index in [1.807, 2.05) is 6.92 Å². The molecule has 0 aliphatic rings. The van der Waals surface area contributed by atoms with Crippen molar-refractivity contribution in [2.24, 2.45) is 0 Å². The Hall–Kier alpha value is -3.09. The van der Waals surface area contributed by atoms with Gasteiger partial charge >= 0.3 is 5.97 Å². The Morgan fingerprint density at radius 3 is 2.37 bits per heavy atom. The molecule has 2 rings (SSSR count). The van der Waals surface area contributed by atoms with Crippen LogP contribution in [0.2, 0.25) is 0 Å². The summed E-state index contributed by atoms with van der Waals surface area (Å²) < 4.78 is 24.3. The SMILES string of the molecule is CCOc1cc(CNC(=O)CCC(=O)O)ccc1OCc1ccc(F)cc1. The van der Waals surface area contributed by atoms with Crippen LogP contribution in [0, 0.1) is 5.82 Å². The van der Waals surface area contributed by atoms with Crippen LogP contribution in [0.25, 0.3) is 0 Å². The number of ether oxygens (including phenoxy) is 2. The molecule has 0 bridgehead atoms. The third kappa shape index (κ3) is 6.97. The zero-order chi connectivity index (χ0) is 19.6. The Bertz CT molecular complexity index is 776. The fraction of sp³-hybridized carbons (Fsp3) is 0.300. The number of rotatable bonds is 10. The van der Waals surface area contributed by atoms with Gasteiger partial charge in [-0.2, -0.15) is 0 Å². The monoisotopic (exact) mass is 375 g/mol. The Balaban J connectivity index is 1.97. The molecule has 0 atom stereocenters. The average Bonchev–Trinajstić information content (AvgIpc) is 2.65. The summed E-state index contributed by atoms with van der Waals surface area (Å²) in [6.07, 6.45) is -0.265. The standard InChI is InChI=1S/C20H22FNO5/c1-2-26-18-11-15(12-22-19(23)9-10-20(24)25)5-8-17(18)27-13-14-3-6-16(21)7-4-14/h3-8,11H,2,9-10,12-13H2,1H3,(H,22,23)(H,24,25). The fourth-order valence-electron chi connectivity index (χ4n) is 2.30. The molecule has 0 heterocycles. The molecule has 0 aliphatic carbocycles. The molecule has 0 saturated heterocycles. The van der Waals surface area contributed by atoms with E-state index < -0.39 is 5.97 Å².